The largest absolute Gasteiger partial charge is 0.478 e. The number of hydrogen-bond donors (Lipinski definition) is 2. The Hall–Kier alpha value is -2.43. The summed E-state index contributed by atoms with van der Waals surface area (Å²) in [6.07, 6.45) is -2.56. The highest BCUT2D eigenvalue weighted by molar-refractivity contribution is 5.95. The van der Waals surface area contributed by atoms with Gasteiger partial charge in [-0.3, -0.25) is 0 Å². The minimum Gasteiger partial charge on any atom is -0.478 e. The molecule has 0 bridgehead atoms. The van der Waals surface area contributed by atoms with Gasteiger partial charge < -0.3 is 10.4 Å². The first-order chi connectivity index (χ1) is 9.50. The van der Waals surface area contributed by atoms with Crippen LogP contribution in [0.1, 0.15) is 27.9 Å². The number of hydrogen-bond acceptors (Lipinski definition) is 2. The molecule has 0 aromatic heterocycles. The molecule has 2 aromatic carbocycles. The average Bonchev–Trinajstić information content (AvgIpc) is 2.41. The minimum absolute atomic E-state index is 0.0668. The van der Waals surface area contributed by atoms with Crippen molar-refractivity contribution in [1.29, 1.82) is 0 Å². The summed E-state index contributed by atoms with van der Waals surface area (Å²) in [7, 11) is 0. The van der Waals surface area contributed by atoms with Crippen molar-refractivity contribution in [3.63, 3.8) is 0 Å². The Morgan fingerprint density at radius 1 is 1.10 bits per heavy atom. The molecule has 5 heteroatoms. The first-order valence-electron chi connectivity index (χ1n) is 5.97. The van der Waals surface area contributed by atoms with E-state index in [2.05, 4.69) is 5.32 Å². The molecule has 0 fully saturated rings. The predicted octanol–water partition coefficient (Wildman–Crippen LogP) is 4.37. The quantitative estimate of drug-likeness (QED) is 0.872. The van der Waals surface area contributed by atoms with Crippen LogP contribution in [0.3, 0.4) is 0 Å². The van der Waals surface area contributed by atoms with Crippen LogP contribution in [0.4, 0.5) is 20.2 Å². The summed E-state index contributed by atoms with van der Waals surface area (Å²) in [5, 5.41) is 12.0. The van der Waals surface area contributed by atoms with Gasteiger partial charge in [0.2, 0.25) is 0 Å². The summed E-state index contributed by atoms with van der Waals surface area (Å²) in [5.41, 5.74) is 1.27. The third-order valence-corrected chi connectivity index (χ3v) is 3.04. The second kappa shape index (κ2) is 5.69. The maximum Gasteiger partial charge on any atom is 0.337 e. The number of anilines is 2. The highest BCUT2D eigenvalue weighted by Gasteiger charge is 2.14. The second-order valence-electron chi connectivity index (χ2n) is 4.30. The van der Waals surface area contributed by atoms with Crippen LogP contribution in [0.25, 0.3) is 0 Å². The molecule has 0 heterocycles. The Morgan fingerprint density at radius 2 is 1.75 bits per heavy atom. The highest BCUT2D eigenvalue weighted by Crippen LogP contribution is 2.30. The smallest absolute Gasteiger partial charge is 0.337 e. The van der Waals surface area contributed by atoms with Crippen molar-refractivity contribution in [1.82, 2.24) is 0 Å². The van der Waals surface area contributed by atoms with Gasteiger partial charge in [-0.1, -0.05) is 24.3 Å². The summed E-state index contributed by atoms with van der Waals surface area (Å²) in [5.74, 6) is -1.07. The van der Waals surface area contributed by atoms with E-state index in [1.54, 1.807) is 31.2 Å². The van der Waals surface area contributed by atoms with Gasteiger partial charge in [0, 0.05) is 11.3 Å². The van der Waals surface area contributed by atoms with Crippen LogP contribution in [0.5, 0.6) is 0 Å². The number of halogens is 2. The van der Waals surface area contributed by atoms with Crippen molar-refractivity contribution in [3.05, 3.63) is 59.2 Å². The summed E-state index contributed by atoms with van der Waals surface area (Å²) in [6.45, 7) is 1.58. The first-order valence-corrected chi connectivity index (χ1v) is 5.97. The Labute approximate surface area is 114 Å². The number of carbonyl (C=O) groups is 1. The lowest BCUT2D eigenvalue weighted by atomic mass is 10.1. The Bertz CT molecular complexity index is 642. The minimum atomic E-state index is -2.56. The normalized spacial score (nSPS) is 10.6. The molecule has 20 heavy (non-hydrogen) atoms. The molecule has 0 atom stereocenters. The lowest BCUT2D eigenvalue weighted by Gasteiger charge is -2.14. The number of benzene rings is 2. The lowest BCUT2D eigenvalue weighted by Crippen LogP contribution is -2.04. The molecule has 2 N–H and O–H groups in total. The molecule has 0 saturated heterocycles. The Balaban J connectivity index is 2.41. The van der Waals surface area contributed by atoms with Gasteiger partial charge in [0.1, 0.15) is 0 Å². The van der Waals surface area contributed by atoms with Gasteiger partial charge >= 0.3 is 5.97 Å². The molecular formula is C15H13F2NO2. The van der Waals surface area contributed by atoms with Crippen molar-refractivity contribution in [2.45, 2.75) is 13.3 Å². The van der Waals surface area contributed by atoms with Gasteiger partial charge in [0.05, 0.1) is 11.3 Å². The van der Waals surface area contributed by atoms with E-state index in [4.69, 9.17) is 5.11 Å². The zero-order chi connectivity index (χ0) is 14.7. The van der Waals surface area contributed by atoms with Crippen molar-refractivity contribution in [2.24, 2.45) is 0 Å². The third-order valence-electron chi connectivity index (χ3n) is 3.04. The molecule has 0 aliphatic rings. The maximum absolute atomic E-state index is 12.8. The van der Waals surface area contributed by atoms with Crippen LogP contribution in [0.15, 0.2) is 42.5 Å². The fourth-order valence-corrected chi connectivity index (χ4v) is 1.95. The Morgan fingerprint density at radius 3 is 2.40 bits per heavy atom. The van der Waals surface area contributed by atoms with E-state index in [9.17, 15) is 13.6 Å². The van der Waals surface area contributed by atoms with Crippen LogP contribution < -0.4 is 5.32 Å². The lowest BCUT2D eigenvalue weighted by molar-refractivity contribution is 0.0698. The molecule has 0 saturated carbocycles. The van der Waals surface area contributed by atoms with Crippen molar-refractivity contribution in [3.8, 4) is 0 Å². The molecule has 3 nitrogen and oxygen atoms in total. The van der Waals surface area contributed by atoms with E-state index in [0.29, 0.717) is 16.9 Å². The molecule has 2 rings (SSSR count). The van der Waals surface area contributed by atoms with Gasteiger partial charge in [0.25, 0.3) is 6.43 Å². The van der Waals surface area contributed by atoms with Crippen LogP contribution in [0.2, 0.25) is 0 Å². The molecule has 0 amide bonds. The summed E-state index contributed by atoms with van der Waals surface area (Å²) in [4.78, 5) is 11.1. The average molecular weight is 277 g/mol. The summed E-state index contributed by atoms with van der Waals surface area (Å²) < 4.78 is 25.7. The van der Waals surface area contributed by atoms with E-state index in [0.717, 1.165) is 0 Å². The summed E-state index contributed by atoms with van der Waals surface area (Å²) in [6, 6.07) is 10.8. The first kappa shape index (κ1) is 14.0. The van der Waals surface area contributed by atoms with E-state index < -0.39 is 12.4 Å². The number of aromatic carboxylic acids is 1. The number of nitrogens with one attached hydrogen (secondary N) is 1. The van der Waals surface area contributed by atoms with E-state index in [-0.39, 0.29) is 11.1 Å². The second-order valence-corrected chi connectivity index (χ2v) is 4.30. The Kier molecular flexibility index (Phi) is 3.98. The number of alkyl halides is 2. The van der Waals surface area contributed by atoms with Gasteiger partial charge in [-0.2, -0.15) is 0 Å². The van der Waals surface area contributed by atoms with E-state index in [1.165, 1.54) is 18.2 Å². The molecule has 0 radical (unpaired) electrons. The fourth-order valence-electron chi connectivity index (χ4n) is 1.95. The predicted molar refractivity (Wildman–Crippen MR) is 72.8 cm³/mol. The molecule has 0 aliphatic carbocycles. The van der Waals surface area contributed by atoms with Crippen LogP contribution >= 0.6 is 0 Å². The summed E-state index contributed by atoms with van der Waals surface area (Å²) >= 11 is 0. The van der Waals surface area contributed by atoms with Crippen molar-refractivity contribution in [2.75, 3.05) is 5.32 Å². The van der Waals surface area contributed by atoms with Gasteiger partial charge in [0.15, 0.2) is 0 Å². The van der Waals surface area contributed by atoms with Gasteiger partial charge in [-0.15, -0.1) is 0 Å². The molecule has 0 unspecified atom stereocenters. The fraction of sp³-hybridized carbons (Fsp3) is 0.133. The van der Waals surface area contributed by atoms with Crippen molar-refractivity contribution < 1.29 is 18.7 Å². The molecule has 0 aliphatic heterocycles. The molecule has 104 valence electrons. The molecular weight excluding hydrogens is 264 g/mol. The SMILES string of the molecule is Cc1c(Nc2ccccc2C(=O)O)cccc1C(F)F. The van der Waals surface area contributed by atoms with Crippen molar-refractivity contribution >= 4 is 17.3 Å². The van der Waals surface area contributed by atoms with Crippen LogP contribution in [0, 0.1) is 6.92 Å². The number of rotatable bonds is 4. The third kappa shape index (κ3) is 2.77. The topological polar surface area (TPSA) is 49.3 Å². The van der Waals surface area contributed by atoms with Crippen LogP contribution in [-0.2, 0) is 0 Å². The number of carboxylic acids is 1. The van der Waals surface area contributed by atoms with E-state index >= 15 is 0 Å². The van der Waals surface area contributed by atoms with Gasteiger partial charge in [-0.05, 0) is 30.7 Å². The highest BCUT2D eigenvalue weighted by atomic mass is 19.3. The standard InChI is InChI=1S/C15H13F2NO2/c1-9-10(14(16)17)6-4-8-12(9)18-13-7-3-2-5-11(13)15(19)20/h2-8,14,18H,1H3,(H,19,20). The zero-order valence-corrected chi connectivity index (χ0v) is 10.7. The number of carboxylic acid groups (broad SMARTS) is 1. The maximum atomic E-state index is 12.8. The zero-order valence-electron chi connectivity index (χ0n) is 10.7. The molecule has 2 aromatic rings. The molecule has 0 spiro atoms. The van der Waals surface area contributed by atoms with Crippen LogP contribution in [-0.4, -0.2) is 11.1 Å². The monoisotopic (exact) mass is 277 g/mol. The van der Waals surface area contributed by atoms with Gasteiger partial charge in [-0.25, -0.2) is 13.6 Å². The number of para-hydroxylation sites is 1. The van der Waals surface area contributed by atoms with E-state index in [1.807, 2.05) is 0 Å².